The lowest BCUT2D eigenvalue weighted by molar-refractivity contribution is 0.0916. The van der Waals surface area contributed by atoms with Crippen molar-refractivity contribution >= 4 is 17.5 Å². The Hall–Kier alpha value is -1.84. The molecule has 0 aliphatic carbocycles. The number of hydrogen-bond donors (Lipinski definition) is 2. The highest BCUT2D eigenvalue weighted by atomic mass is 35.5. The quantitative estimate of drug-likeness (QED) is 0.878. The molecule has 0 spiro atoms. The van der Waals surface area contributed by atoms with Crippen molar-refractivity contribution < 1.29 is 9.90 Å². The molecule has 22 heavy (non-hydrogen) atoms. The highest BCUT2D eigenvalue weighted by Crippen LogP contribution is 2.18. The van der Waals surface area contributed by atoms with E-state index in [0.29, 0.717) is 16.5 Å². The number of carbonyl (C=O) groups excluding carboxylic acids is 1. The van der Waals surface area contributed by atoms with E-state index in [1.807, 2.05) is 24.3 Å². The molecule has 1 amide bonds. The second-order valence-corrected chi connectivity index (χ2v) is 5.99. The monoisotopic (exact) mass is 317 g/mol. The van der Waals surface area contributed by atoms with E-state index in [1.165, 1.54) is 5.56 Å². The summed E-state index contributed by atoms with van der Waals surface area (Å²) in [5.41, 5.74) is 2.54. The number of aliphatic hydroxyl groups is 1. The molecule has 1 atom stereocenters. The van der Waals surface area contributed by atoms with Crippen molar-refractivity contribution in [2.24, 2.45) is 0 Å². The van der Waals surface area contributed by atoms with Crippen LogP contribution in [0, 0.1) is 0 Å². The van der Waals surface area contributed by atoms with E-state index >= 15 is 0 Å². The Balaban J connectivity index is 1.93. The fourth-order valence-electron chi connectivity index (χ4n) is 2.11. The van der Waals surface area contributed by atoms with Gasteiger partial charge in [0, 0.05) is 17.1 Å². The van der Waals surface area contributed by atoms with Crippen LogP contribution in [-0.2, 0) is 0 Å². The minimum atomic E-state index is -0.725. The molecule has 2 aromatic carbocycles. The summed E-state index contributed by atoms with van der Waals surface area (Å²) in [4.78, 5) is 12.0. The van der Waals surface area contributed by atoms with Crippen molar-refractivity contribution in [1.29, 1.82) is 0 Å². The normalized spacial score (nSPS) is 12.2. The maximum Gasteiger partial charge on any atom is 0.251 e. The molecule has 0 radical (unpaired) electrons. The summed E-state index contributed by atoms with van der Waals surface area (Å²) >= 11 is 5.79. The van der Waals surface area contributed by atoms with Crippen molar-refractivity contribution in [2.45, 2.75) is 25.9 Å². The van der Waals surface area contributed by atoms with E-state index in [9.17, 15) is 9.90 Å². The summed E-state index contributed by atoms with van der Waals surface area (Å²) in [6, 6.07) is 14.4. The number of aliphatic hydroxyl groups excluding tert-OH is 1. The molecule has 0 aliphatic rings. The minimum Gasteiger partial charge on any atom is -0.387 e. The number of benzene rings is 2. The van der Waals surface area contributed by atoms with Gasteiger partial charge in [-0.05, 0) is 41.3 Å². The van der Waals surface area contributed by atoms with Gasteiger partial charge in [-0.2, -0.15) is 0 Å². The zero-order valence-corrected chi connectivity index (χ0v) is 13.5. The smallest absolute Gasteiger partial charge is 0.251 e. The van der Waals surface area contributed by atoms with Crippen molar-refractivity contribution in [1.82, 2.24) is 5.32 Å². The van der Waals surface area contributed by atoms with Crippen molar-refractivity contribution in [2.75, 3.05) is 6.54 Å². The van der Waals surface area contributed by atoms with E-state index in [-0.39, 0.29) is 12.5 Å². The number of hydrogen-bond acceptors (Lipinski definition) is 2. The molecule has 0 saturated carbocycles. The van der Waals surface area contributed by atoms with Crippen LogP contribution in [0.1, 0.15) is 47.4 Å². The summed E-state index contributed by atoms with van der Waals surface area (Å²) in [5.74, 6) is 0.227. The van der Waals surface area contributed by atoms with Crippen LogP contribution >= 0.6 is 11.6 Å². The van der Waals surface area contributed by atoms with Crippen LogP contribution in [0.15, 0.2) is 48.5 Å². The van der Waals surface area contributed by atoms with Crippen LogP contribution < -0.4 is 5.32 Å². The molecule has 2 N–H and O–H groups in total. The molecule has 0 aliphatic heterocycles. The van der Waals surface area contributed by atoms with Gasteiger partial charge in [-0.25, -0.2) is 0 Å². The lowest BCUT2D eigenvalue weighted by Gasteiger charge is -2.14. The van der Waals surface area contributed by atoms with Gasteiger partial charge in [0.15, 0.2) is 0 Å². The number of halogens is 1. The zero-order valence-electron chi connectivity index (χ0n) is 12.7. The molecule has 0 aromatic heterocycles. The number of amides is 1. The summed E-state index contributed by atoms with van der Waals surface area (Å²) < 4.78 is 0. The maximum atomic E-state index is 12.0. The third-order valence-electron chi connectivity index (χ3n) is 3.55. The Kier molecular flexibility index (Phi) is 5.58. The third-order valence-corrected chi connectivity index (χ3v) is 3.80. The van der Waals surface area contributed by atoms with Gasteiger partial charge in [0.25, 0.3) is 5.91 Å². The second kappa shape index (κ2) is 7.43. The minimum absolute atomic E-state index is 0.169. The van der Waals surface area contributed by atoms with E-state index < -0.39 is 6.10 Å². The molecule has 0 heterocycles. The Morgan fingerprint density at radius 2 is 1.59 bits per heavy atom. The first-order valence-electron chi connectivity index (χ1n) is 7.29. The third kappa shape index (κ3) is 4.33. The lowest BCUT2D eigenvalue weighted by atomic mass is 10.00. The second-order valence-electron chi connectivity index (χ2n) is 5.55. The fourth-order valence-corrected chi connectivity index (χ4v) is 2.24. The van der Waals surface area contributed by atoms with Gasteiger partial charge < -0.3 is 10.4 Å². The first-order chi connectivity index (χ1) is 10.5. The zero-order chi connectivity index (χ0) is 16.1. The van der Waals surface area contributed by atoms with Gasteiger partial charge in [-0.15, -0.1) is 0 Å². The molecule has 1 unspecified atom stereocenters. The van der Waals surface area contributed by atoms with Crippen LogP contribution in [0.25, 0.3) is 0 Å². The summed E-state index contributed by atoms with van der Waals surface area (Å²) in [6.45, 7) is 4.41. The van der Waals surface area contributed by atoms with Crippen molar-refractivity contribution in [3.05, 3.63) is 70.2 Å². The number of nitrogens with one attached hydrogen (secondary N) is 1. The Labute approximate surface area is 135 Å². The molecule has 3 nitrogen and oxygen atoms in total. The first-order valence-corrected chi connectivity index (χ1v) is 7.67. The van der Waals surface area contributed by atoms with Crippen LogP contribution in [0.2, 0.25) is 5.02 Å². The van der Waals surface area contributed by atoms with Crippen LogP contribution in [-0.4, -0.2) is 17.6 Å². The topological polar surface area (TPSA) is 49.3 Å². The molecule has 0 fully saturated rings. The summed E-state index contributed by atoms with van der Waals surface area (Å²) in [7, 11) is 0. The summed E-state index contributed by atoms with van der Waals surface area (Å²) in [6.07, 6.45) is -0.725. The average molecular weight is 318 g/mol. The number of rotatable bonds is 5. The van der Waals surface area contributed by atoms with Gasteiger partial charge >= 0.3 is 0 Å². The Morgan fingerprint density at radius 3 is 2.14 bits per heavy atom. The Morgan fingerprint density at radius 1 is 1.05 bits per heavy atom. The molecule has 4 heteroatoms. The van der Waals surface area contributed by atoms with Crippen molar-refractivity contribution in [3.63, 3.8) is 0 Å². The van der Waals surface area contributed by atoms with E-state index in [1.54, 1.807) is 24.3 Å². The van der Waals surface area contributed by atoms with Gasteiger partial charge in [-0.3, -0.25) is 4.79 Å². The largest absolute Gasteiger partial charge is 0.387 e. The lowest BCUT2D eigenvalue weighted by Crippen LogP contribution is -2.28. The predicted molar refractivity (Wildman–Crippen MR) is 89.3 cm³/mol. The van der Waals surface area contributed by atoms with Crippen LogP contribution in [0.5, 0.6) is 0 Å². The molecule has 0 bridgehead atoms. The van der Waals surface area contributed by atoms with Gasteiger partial charge in [0.1, 0.15) is 0 Å². The standard InChI is InChI=1S/C18H20ClNO2/c1-12(2)13-3-5-14(6-4-13)17(21)11-20-18(22)15-7-9-16(19)10-8-15/h3-10,12,17,21H,11H2,1-2H3,(H,20,22). The molecule has 0 saturated heterocycles. The highest BCUT2D eigenvalue weighted by Gasteiger charge is 2.11. The van der Waals surface area contributed by atoms with Crippen LogP contribution in [0.3, 0.4) is 0 Å². The van der Waals surface area contributed by atoms with E-state index in [0.717, 1.165) is 5.56 Å². The molecular formula is C18H20ClNO2. The van der Waals surface area contributed by atoms with Crippen LogP contribution in [0.4, 0.5) is 0 Å². The molecular weight excluding hydrogens is 298 g/mol. The SMILES string of the molecule is CC(C)c1ccc(C(O)CNC(=O)c2ccc(Cl)cc2)cc1. The predicted octanol–water partition coefficient (Wildman–Crippen LogP) is 3.93. The van der Waals surface area contributed by atoms with E-state index in [4.69, 9.17) is 11.6 Å². The van der Waals surface area contributed by atoms with Gasteiger partial charge in [-0.1, -0.05) is 49.7 Å². The van der Waals surface area contributed by atoms with Gasteiger partial charge in [0.05, 0.1) is 6.10 Å². The summed E-state index contributed by atoms with van der Waals surface area (Å²) in [5, 5.41) is 13.5. The first kappa shape index (κ1) is 16.5. The highest BCUT2D eigenvalue weighted by molar-refractivity contribution is 6.30. The average Bonchev–Trinajstić information content (AvgIpc) is 2.53. The maximum absolute atomic E-state index is 12.0. The van der Waals surface area contributed by atoms with E-state index in [2.05, 4.69) is 19.2 Å². The molecule has 2 rings (SSSR count). The molecule has 116 valence electrons. The fraction of sp³-hybridized carbons (Fsp3) is 0.278. The molecule has 2 aromatic rings. The van der Waals surface area contributed by atoms with Gasteiger partial charge in [0.2, 0.25) is 0 Å². The number of carbonyl (C=O) groups is 1. The Bertz CT molecular complexity index is 621. The van der Waals surface area contributed by atoms with Crippen molar-refractivity contribution in [3.8, 4) is 0 Å².